The SMILES string of the molecule is COC(C)c1ncnn1-c1cc(C(=O)O)c(C(C(N)=O)c2cnccn2)c(-c2ccc(C)cc2)c1. The Labute approximate surface area is 201 Å². The predicted octanol–water partition coefficient (Wildman–Crippen LogP) is 3.06. The van der Waals surface area contributed by atoms with E-state index in [4.69, 9.17) is 10.5 Å². The summed E-state index contributed by atoms with van der Waals surface area (Å²) in [6.45, 7) is 3.76. The van der Waals surface area contributed by atoms with Crippen molar-refractivity contribution in [1.82, 2.24) is 24.7 Å². The van der Waals surface area contributed by atoms with Gasteiger partial charge >= 0.3 is 5.97 Å². The van der Waals surface area contributed by atoms with Gasteiger partial charge in [-0.15, -0.1) is 0 Å². The lowest BCUT2D eigenvalue weighted by Crippen LogP contribution is -2.26. The molecule has 0 fully saturated rings. The Morgan fingerprint density at radius 3 is 2.46 bits per heavy atom. The zero-order valence-corrected chi connectivity index (χ0v) is 19.4. The van der Waals surface area contributed by atoms with Crippen LogP contribution in [0.4, 0.5) is 0 Å². The lowest BCUT2D eigenvalue weighted by molar-refractivity contribution is -0.118. The maximum Gasteiger partial charge on any atom is 0.336 e. The maximum absolute atomic E-state index is 12.7. The van der Waals surface area contributed by atoms with E-state index in [1.54, 1.807) is 13.2 Å². The minimum atomic E-state index is -1.23. The van der Waals surface area contributed by atoms with Gasteiger partial charge in [-0.1, -0.05) is 29.8 Å². The molecule has 0 bridgehead atoms. The number of hydrogen-bond donors (Lipinski definition) is 2. The molecule has 2 heterocycles. The van der Waals surface area contributed by atoms with Gasteiger partial charge in [-0.2, -0.15) is 5.10 Å². The van der Waals surface area contributed by atoms with Gasteiger partial charge < -0.3 is 15.6 Å². The van der Waals surface area contributed by atoms with Gasteiger partial charge in [-0.05, 0) is 42.7 Å². The number of aromatic nitrogens is 5. The highest BCUT2D eigenvalue weighted by Gasteiger charge is 2.31. The molecule has 2 aromatic heterocycles. The van der Waals surface area contributed by atoms with Gasteiger partial charge in [0.2, 0.25) is 5.91 Å². The zero-order valence-electron chi connectivity index (χ0n) is 19.4. The van der Waals surface area contributed by atoms with E-state index in [0.717, 1.165) is 5.56 Å². The molecule has 0 spiro atoms. The molecule has 0 aliphatic rings. The summed E-state index contributed by atoms with van der Waals surface area (Å²) in [7, 11) is 1.55. The van der Waals surface area contributed by atoms with Crippen molar-refractivity contribution in [2.45, 2.75) is 25.9 Å². The Morgan fingerprint density at radius 1 is 1.11 bits per heavy atom. The van der Waals surface area contributed by atoms with Crippen molar-refractivity contribution in [2.75, 3.05) is 7.11 Å². The highest BCUT2D eigenvalue weighted by atomic mass is 16.5. The number of aromatic carboxylic acids is 1. The Bertz CT molecular complexity index is 1370. The summed E-state index contributed by atoms with van der Waals surface area (Å²) in [4.78, 5) is 37.8. The normalized spacial score (nSPS) is 12.8. The van der Waals surface area contributed by atoms with Gasteiger partial charge in [0.05, 0.1) is 16.9 Å². The molecular formula is C25H24N6O4. The summed E-state index contributed by atoms with van der Waals surface area (Å²) >= 11 is 0. The van der Waals surface area contributed by atoms with Gasteiger partial charge in [0.1, 0.15) is 18.3 Å². The van der Waals surface area contributed by atoms with Crippen molar-refractivity contribution in [3.05, 3.63) is 89.5 Å². The number of nitrogens with two attached hydrogens (primary N) is 1. The van der Waals surface area contributed by atoms with Crippen LogP contribution in [0.15, 0.2) is 61.3 Å². The summed E-state index contributed by atoms with van der Waals surface area (Å²) in [5.41, 5.74) is 8.84. The zero-order chi connectivity index (χ0) is 25.1. The molecule has 0 aliphatic carbocycles. The molecule has 3 N–H and O–H groups in total. The second-order valence-electron chi connectivity index (χ2n) is 8.00. The molecule has 0 saturated heterocycles. The van der Waals surface area contributed by atoms with Crippen LogP contribution in [0.1, 0.15) is 51.9 Å². The van der Waals surface area contributed by atoms with Crippen molar-refractivity contribution >= 4 is 11.9 Å². The molecule has 4 aromatic rings. The molecule has 178 valence electrons. The number of rotatable bonds is 8. The standard InChI is InChI=1S/C25H24N6O4/c1-14-4-6-16(7-5-14)18-10-17(31-24(15(2)35-3)29-13-30-31)11-19(25(33)34)21(18)22(23(26)32)20-12-27-8-9-28-20/h4-13,15,22H,1-3H3,(H2,26,32)(H,33,34). The number of carboxylic acid groups (broad SMARTS) is 1. The summed E-state index contributed by atoms with van der Waals surface area (Å²) in [6, 6.07) is 10.7. The summed E-state index contributed by atoms with van der Waals surface area (Å²) in [5.74, 6) is -2.63. The third-order valence-corrected chi connectivity index (χ3v) is 5.75. The maximum atomic E-state index is 12.7. The first-order valence-corrected chi connectivity index (χ1v) is 10.8. The molecule has 10 heteroatoms. The Kier molecular flexibility index (Phi) is 6.65. The minimum absolute atomic E-state index is 0.112. The fourth-order valence-corrected chi connectivity index (χ4v) is 3.95. The number of primary amides is 1. The van der Waals surface area contributed by atoms with Crippen molar-refractivity contribution in [3.8, 4) is 16.8 Å². The number of carboxylic acids is 1. The van der Waals surface area contributed by atoms with E-state index in [0.29, 0.717) is 22.6 Å². The number of benzene rings is 2. The Balaban J connectivity index is 2.07. The molecule has 0 aliphatic heterocycles. The highest BCUT2D eigenvalue weighted by Crippen LogP contribution is 2.37. The number of amides is 1. The van der Waals surface area contributed by atoms with Crippen LogP contribution in [0, 0.1) is 6.92 Å². The fourth-order valence-electron chi connectivity index (χ4n) is 3.95. The first kappa shape index (κ1) is 23.7. The van der Waals surface area contributed by atoms with Crippen molar-refractivity contribution in [2.24, 2.45) is 5.73 Å². The van der Waals surface area contributed by atoms with Gasteiger partial charge in [-0.25, -0.2) is 14.5 Å². The number of hydrogen-bond acceptors (Lipinski definition) is 7. The molecule has 2 aromatic carbocycles. The second kappa shape index (κ2) is 9.82. The summed E-state index contributed by atoms with van der Waals surface area (Å²) < 4.78 is 6.92. The quantitative estimate of drug-likeness (QED) is 0.398. The van der Waals surface area contributed by atoms with Crippen LogP contribution < -0.4 is 5.73 Å². The first-order valence-electron chi connectivity index (χ1n) is 10.8. The third kappa shape index (κ3) is 4.64. The van der Waals surface area contributed by atoms with Crippen LogP contribution >= 0.6 is 0 Å². The first-order chi connectivity index (χ1) is 16.8. The van der Waals surface area contributed by atoms with E-state index in [9.17, 15) is 14.7 Å². The number of methoxy groups -OCH3 is 1. The van der Waals surface area contributed by atoms with Crippen molar-refractivity contribution in [3.63, 3.8) is 0 Å². The molecule has 0 radical (unpaired) electrons. The third-order valence-electron chi connectivity index (χ3n) is 5.75. The fraction of sp³-hybridized carbons (Fsp3) is 0.200. The van der Waals surface area contributed by atoms with E-state index in [1.165, 1.54) is 35.7 Å². The lowest BCUT2D eigenvalue weighted by Gasteiger charge is -2.22. The largest absolute Gasteiger partial charge is 0.478 e. The topological polar surface area (TPSA) is 146 Å². The van der Waals surface area contributed by atoms with E-state index in [2.05, 4.69) is 20.1 Å². The average Bonchev–Trinajstić information content (AvgIpc) is 3.34. The molecule has 1 amide bonds. The van der Waals surface area contributed by atoms with Crippen LogP contribution in [-0.2, 0) is 9.53 Å². The summed E-state index contributed by atoms with van der Waals surface area (Å²) in [6.07, 6.45) is 5.28. The molecule has 2 atom stereocenters. The average molecular weight is 473 g/mol. The van der Waals surface area contributed by atoms with E-state index < -0.39 is 23.9 Å². The van der Waals surface area contributed by atoms with Crippen LogP contribution in [0.25, 0.3) is 16.8 Å². The van der Waals surface area contributed by atoms with Crippen LogP contribution in [0.3, 0.4) is 0 Å². The van der Waals surface area contributed by atoms with Crippen molar-refractivity contribution < 1.29 is 19.4 Å². The molecule has 4 rings (SSSR count). The Morgan fingerprint density at radius 2 is 1.86 bits per heavy atom. The van der Waals surface area contributed by atoms with Crippen LogP contribution in [-0.4, -0.2) is 48.8 Å². The molecule has 35 heavy (non-hydrogen) atoms. The number of ether oxygens (including phenoxy) is 1. The van der Waals surface area contributed by atoms with E-state index in [1.807, 2.05) is 38.1 Å². The molecular weight excluding hydrogens is 448 g/mol. The van der Waals surface area contributed by atoms with Crippen molar-refractivity contribution in [1.29, 1.82) is 0 Å². The molecule has 0 saturated carbocycles. The van der Waals surface area contributed by atoms with Gasteiger partial charge in [0.25, 0.3) is 0 Å². The Hall–Kier alpha value is -4.44. The number of carbonyl (C=O) groups excluding carboxylic acids is 1. The predicted molar refractivity (Wildman–Crippen MR) is 127 cm³/mol. The second-order valence-corrected chi connectivity index (χ2v) is 8.00. The minimum Gasteiger partial charge on any atom is -0.478 e. The van der Waals surface area contributed by atoms with Gasteiger partial charge in [0.15, 0.2) is 5.82 Å². The highest BCUT2D eigenvalue weighted by molar-refractivity contribution is 5.98. The number of nitrogens with zero attached hydrogens (tertiary/aromatic N) is 5. The monoisotopic (exact) mass is 472 g/mol. The smallest absolute Gasteiger partial charge is 0.336 e. The number of aryl methyl sites for hydroxylation is 1. The van der Waals surface area contributed by atoms with Crippen LogP contribution in [0.5, 0.6) is 0 Å². The van der Waals surface area contributed by atoms with Crippen LogP contribution in [0.2, 0.25) is 0 Å². The molecule has 10 nitrogen and oxygen atoms in total. The number of carbonyl (C=O) groups is 2. The lowest BCUT2D eigenvalue weighted by atomic mass is 9.84. The van der Waals surface area contributed by atoms with E-state index in [-0.39, 0.29) is 16.8 Å². The van der Waals surface area contributed by atoms with Gasteiger partial charge in [-0.3, -0.25) is 14.8 Å². The summed E-state index contributed by atoms with van der Waals surface area (Å²) in [5, 5.41) is 14.5. The van der Waals surface area contributed by atoms with Gasteiger partial charge in [0, 0.05) is 25.7 Å². The van der Waals surface area contributed by atoms with E-state index >= 15 is 0 Å². The molecule has 2 unspecified atom stereocenters.